The summed E-state index contributed by atoms with van der Waals surface area (Å²) in [7, 11) is 0. The molecule has 2 aromatic carbocycles. The maximum Gasteiger partial charge on any atom is 0.275 e. The second-order valence-corrected chi connectivity index (χ2v) is 6.85. The summed E-state index contributed by atoms with van der Waals surface area (Å²) in [5, 5.41) is 26.3. The lowest BCUT2D eigenvalue weighted by Gasteiger charge is -2.37. The summed E-state index contributed by atoms with van der Waals surface area (Å²) in [6, 6.07) is 9.19. The molecule has 2 aromatic rings. The van der Waals surface area contributed by atoms with Crippen molar-refractivity contribution in [1.82, 2.24) is 0 Å². The molecule has 0 fully saturated rings. The largest absolute Gasteiger partial charge is 0.376 e. The van der Waals surface area contributed by atoms with Crippen LogP contribution >= 0.6 is 11.6 Å². The Morgan fingerprint density at radius 1 is 1.12 bits per heavy atom. The lowest BCUT2D eigenvalue weighted by molar-refractivity contribution is -0.385. The molecule has 8 heteroatoms. The first-order valence-electron chi connectivity index (χ1n) is 8.11. The average Bonchev–Trinajstić information content (AvgIpc) is 3.11. The van der Waals surface area contributed by atoms with E-state index in [2.05, 4.69) is 5.32 Å². The van der Waals surface area contributed by atoms with Gasteiger partial charge in [-0.15, -0.1) is 0 Å². The molecule has 4 rings (SSSR count). The van der Waals surface area contributed by atoms with Crippen LogP contribution in [0, 0.1) is 26.1 Å². The highest BCUT2D eigenvalue weighted by molar-refractivity contribution is 6.33. The van der Waals surface area contributed by atoms with Gasteiger partial charge in [0.25, 0.3) is 11.4 Å². The number of hydrogen-bond donors (Lipinski definition) is 1. The van der Waals surface area contributed by atoms with E-state index in [0.29, 0.717) is 16.3 Å². The maximum atomic E-state index is 11.5. The highest BCUT2D eigenvalue weighted by Gasteiger charge is 2.42. The minimum Gasteiger partial charge on any atom is -0.376 e. The number of anilines is 1. The molecule has 1 aliphatic heterocycles. The highest BCUT2D eigenvalue weighted by atomic mass is 35.5. The molecule has 1 aliphatic carbocycles. The molecule has 7 nitrogen and oxygen atoms in total. The van der Waals surface area contributed by atoms with Crippen LogP contribution in [0.2, 0.25) is 5.02 Å². The molecular formula is C18H14ClN3O4. The zero-order valence-electron chi connectivity index (χ0n) is 13.5. The van der Waals surface area contributed by atoms with Crippen molar-refractivity contribution < 1.29 is 9.85 Å². The summed E-state index contributed by atoms with van der Waals surface area (Å²) >= 11 is 6.33. The summed E-state index contributed by atoms with van der Waals surface area (Å²) < 4.78 is 0. The lowest BCUT2D eigenvalue weighted by Crippen LogP contribution is -2.29. The van der Waals surface area contributed by atoms with E-state index in [9.17, 15) is 20.2 Å². The molecule has 0 radical (unpaired) electrons. The van der Waals surface area contributed by atoms with Crippen LogP contribution in [0.1, 0.15) is 29.5 Å². The van der Waals surface area contributed by atoms with Gasteiger partial charge in [0.15, 0.2) is 0 Å². The molecular weight excluding hydrogens is 358 g/mol. The Kier molecular flexibility index (Phi) is 3.88. The van der Waals surface area contributed by atoms with Crippen molar-refractivity contribution in [3.63, 3.8) is 0 Å². The van der Waals surface area contributed by atoms with Crippen LogP contribution in [0.5, 0.6) is 0 Å². The Morgan fingerprint density at radius 2 is 1.92 bits per heavy atom. The Labute approximate surface area is 153 Å². The second-order valence-electron chi connectivity index (χ2n) is 6.44. The Balaban J connectivity index is 1.85. The number of nitrogens with one attached hydrogen (secondary N) is 1. The number of benzene rings is 2. The van der Waals surface area contributed by atoms with Crippen molar-refractivity contribution in [3.8, 4) is 0 Å². The van der Waals surface area contributed by atoms with Crippen molar-refractivity contribution in [2.45, 2.75) is 18.4 Å². The van der Waals surface area contributed by atoms with Gasteiger partial charge in [-0.1, -0.05) is 35.9 Å². The minimum absolute atomic E-state index is 0.0164. The average molecular weight is 372 g/mol. The molecule has 0 saturated heterocycles. The number of fused-ring (bicyclic) bond motifs is 3. The molecule has 1 heterocycles. The number of halogens is 1. The van der Waals surface area contributed by atoms with Crippen LogP contribution in [0.25, 0.3) is 0 Å². The molecule has 0 amide bonds. The van der Waals surface area contributed by atoms with Gasteiger partial charge in [-0.05, 0) is 24.0 Å². The van der Waals surface area contributed by atoms with E-state index in [-0.39, 0.29) is 29.3 Å². The molecule has 0 spiro atoms. The van der Waals surface area contributed by atoms with Crippen LogP contribution in [0.3, 0.4) is 0 Å². The first kappa shape index (κ1) is 16.5. The van der Waals surface area contributed by atoms with E-state index in [1.54, 1.807) is 12.1 Å². The summed E-state index contributed by atoms with van der Waals surface area (Å²) in [6.07, 6.45) is 4.70. The van der Waals surface area contributed by atoms with Crippen molar-refractivity contribution in [2.75, 3.05) is 5.32 Å². The predicted octanol–water partition coefficient (Wildman–Crippen LogP) is 4.98. The van der Waals surface area contributed by atoms with Gasteiger partial charge in [-0.3, -0.25) is 20.2 Å². The highest BCUT2D eigenvalue weighted by Crippen LogP contribution is 2.54. The molecule has 2 aliphatic rings. The molecule has 26 heavy (non-hydrogen) atoms. The summed E-state index contributed by atoms with van der Waals surface area (Å²) in [5.74, 6) is -0.128. The van der Waals surface area contributed by atoms with Crippen LogP contribution in [-0.4, -0.2) is 9.85 Å². The van der Waals surface area contributed by atoms with Crippen molar-refractivity contribution in [2.24, 2.45) is 5.92 Å². The van der Waals surface area contributed by atoms with Gasteiger partial charge >= 0.3 is 0 Å². The quantitative estimate of drug-likeness (QED) is 0.466. The van der Waals surface area contributed by atoms with Gasteiger partial charge in [0.05, 0.1) is 32.2 Å². The van der Waals surface area contributed by atoms with Crippen LogP contribution < -0.4 is 5.32 Å². The molecule has 0 aromatic heterocycles. The molecule has 132 valence electrons. The summed E-state index contributed by atoms with van der Waals surface area (Å²) in [5.41, 5.74) is 1.94. The van der Waals surface area contributed by atoms with Gasteiger partial charge in [-0.2, -0.15) is 0 Å². The number of nitrogens with zero attached hydrogens (tertiary/aromatic N) is 2. The van der Waals surface area contributed by atoms with E-state index in [4.69, 9.17) is 11.6 Å². The van der Waals surface area contributed by atoms with E-state index in [1.807, 2.05) is 18.2 Å². The van der Waals surface area contributed by atoms with E-state index >= 15 is 0 Å². The minimum atomic E-state index is -0.428. The smallest absolute Gasteiger partial charge is 0.275 e. The normalized spacial score (nSPS) is 23.0. The third kappa shape index (κ3) is 2.52. The zero-order chi connectivity index (χ0) is 18.4. The molecule has 3 atom stereocenters. The monoisotopic (exact) mass is 371 g/mol. The van der Waals surface area contributed by atoms with Gasteiger partial charge in [0.1, 0.15) is 0 Å². The second kappa shape index (κ2) is 6.10. The molecule has 0 unspecified atom stereocenters. The Morgan fingerprint density at radius 3 is 2.65 bits per heavy atom. The maximum absolute atomic E-state index is 11.5. The van der Waals surface area contributed by atoms with E-state index < -0.39 is 9.85 Å². The van der Waals surface area contributed by atoms with Crippen molar-refractivity contribution in [3.05, 3.63) is 84.9 Å². The van der Waals surface area contributed by atoms with Crippen LogP contribution in [-0.2, 0) is 0 Å². The van der Waals surface area contributed by atoms with Gasteiger partial charge in [-0.25, -0.2) is 0 Å². The van der Waals surface area contributed by atoms with Gasteiger partial charge < -0.3 is 5.32 Å². The zero-order valence-corrected chi connectivity index (χ0v) is 14.2. The molecule has 0 bridgehead atoms. The number of rotatable bonds is 3. The number of nitro groups is 2. The summed E-state index contributed by atoms with van der Waals surface area (Å²) in [4.78, 5) is 21.8. The van der Waals surface area contributed by atoms with E-state index in [0.717, 1.165) is 12.0 Å². The number of allylic oxidation sites excluding steroid dienone is 2. The fraction of sp³-hybridized carbons (Fsp3) is 0.222. The SMILES string of the molecule is O=[N+]([O-])c1cccc([C@@H]2Nc3c(Cl)ccc([N+](=O)[O-])c3[C@@H]3C=CC[C@@H]32)c1. The van der Waals surface area contributed by atoms with Crippen LogP contribution in [0.15, 0.2) is 48.6 Å². The lowest BCUT2D eigenvalue weighted by atomic mass is 9.76. The Bertz CT molecular complexity index is 959. The van der Waals surface area contributed by atoms with Gasteiger partial charge in [0, 0.05) is 24.1 Å². The predicted molar refractivity (Wildman–Crippen MR) is 97.6 cm³/mol. The number of hydrogen-bond acceptors (Lipinski definition) is 5. The van der Waals surface area contributed by atoms with E-state index in [1.165, 1.54) is 18.2 Å². The fourth-order valence-corrected chi connectivity index (χ4v) is 4.19. The first-order chi connectivity index (χ1) is 12.5. The van der Waals surface area contributed by atoms with Crippen molar-refractivity contribution in [1.29, 1.82) is 0 Å². The third-order valence-corrected chi connectivity index (χ3v) is 5.40. The topological polar surface area (TPSA) is 98.3 Å². The van der Waals surface area contributed by atoms with Crippen LogP contribution in [0.4, 0.5) is 17.1 Å². The molecule has 1 N–H and O–H groups in total. The number of non-ortho nitro benzene ring substituents is 1. The van der Waals surface area contributed by atoms with Crippen molar-refractivity contribution >= 4 is 28.7 Å². The molecule has 0 saturated carbocycles. The van der Waals surface area contributed by atoms with Gasteiger partial charge in [0.2, 0.25) is 0 Å². The first-order valence-corrected chi connectivity index (χ1v) is 8.49. The Hall–Kier alpha value is -2.93. The summed E-state index contributed by atoms with van der Waals surface area (Å²) in [6.45, 7) is 0. The standard InChI is InChI=1S/C18H14ClN3O4/c19-14-7-8-15(22(25)26)16-12-5-2-6-13(12)17(20-18(14)16)10-3-1-4-11(9-10)21(23)24/h1-5,7-9,12-13,17,20H,6H2/t12-,13+,17+/m1/s1. The number of nitro benzene ring substituents is 2. The third-order valence-electron chi connectivity index (χ3n) is 5.08. The fourth-order valence-electron chi connectivity index (χ4n) is 3.98.